The van der Waals surface area contributed by atoms with Crippen LogP contribution in [0, 0.1) is 5.92 Å². The van der Waals surface area contributed by atoms with Crippen molar-refractivity contribution in [2.24, 2.45) is 5.92 Å². The number of rotatable bonds is 11. The van der Waals surface area contributed by atoms with E-state index >= 15 is 0 Å². The molecule has 1 saturated carbocycles. The van der Waals surface area contributed by atoms with Crippen molar-refractivity contribution in [3.05, 3.63) is 53.3 Å². The third kappa shape index (κ3) is 7.21. The van der Waals surface area contributed by atoms with E-state index in [1.165, 1.54) is 25.3 Å². The number of ether oxygens (including phenoxy) is 2. The predicted octanol–water partition coefficient (Wildman–Crippen LogP) is 3.70. The number of aromatic nitrogens is 1. The van der Waals surface area contributed by atoms with E-state index in [4.69, 9.17) is 4.74 Å². The molecule has 39 heavy (non-hydrogen) atoms. The minimum atomic E-state index is -2.96. The fourth-order valence-electron chi connectivity index (χ4n) is 4.63. The summed E-state index contributed by atoms with van der Waals surface area (Å²) in [4.78, 5) is 44.8. The van der Waals surface area contributed by atoms with Gasteiger partial charge >= 0.3 is 6.61 Å². The third-order valence-electron chi connectivity index (χ3n) is 7.21. The Morgan fingerprint density at radius 1 is 1.18 bits per heavy atom. The van der Waals surface area contributed by atoms with Crippen LogP contribution in [0.1, 0.15) is 65.4 Å². The molecule has 2 aromatic rings. The molecule has 2 aliphatic rings. The van der Waals surface area contributed by atoms with Crippen molar-refractivity contribution in [1.82, 2.24) is 20.1 Å². The van der Waals surface area contributed by atoms with Gasteiger partial charge in [0.2, 0.25) is 5.91 Å². The van der Waals surface area contributed by atoms with E-state index in [0.29, 0.717) is 37.6 Å². The summed E-state index contributed by atoms with van der Waals surface area (Å²) < 4.78 is 36.3. The van der Waals surface area contributed by atoms with E-state index < -0.39 is 12.5 Å². The van der Waals surface area contributed by atoms with Crippen molar-refractivity contribution in [3.8, 4) is 11.5 Å². The fourth-order valence-corrected chi connectivity index (χ4v) is 4.63. The van der Waals surface area contributed by atoms with Crippen molar-refractivity contribution < 1.29 is 32.6 Å². The lowest BCUT2D eigenvalue weighted by molar-refractivity contribution is -0.129. The summed E-state index contributed by atoms with van der Waals surface area (Å²) in [5, 5.41) is 2.84. The molecule has 0 unspecified atom stereocenters. The molecule has 11 heteroatoms. The Morgan fingerprint density at radius 3 is 2.56 bits per heavy atom. The smallest absolute Gasteiger partial charge is 0.387 e. The first-order valence-electron chi connectivity index (χ1n) is 13.1. The number of likely N-dealkylation sites (tertiary alicyclic amines) is 1. The van der Waals surface area contributed by atoms with Crippen LogP contribution in [0.15, 0.2) is 36.5 Å². The molecular formula is C28H34F2N4O5. The van der Waals surface area contributed by atoms with Crippen LogP contribution in [0.2, 0.25) is 0 Å². The first-order valence-corrected chi connectivity index (χ1v) is 13.1. The van der Waals surface area contributed by atoms with Crippen LogP contribution in [0.25, 0.3) is 0 Å². The summed E-state index contributed by atoms with van der Waals surface area (Å²) in [7, 11) is 1.69. The molecule has 1 aromatic heterocycles. The number of amides is 3. The van der Waals surface area contributed by atoms with Crippen molar-refractivity contribution in [1.29, 1.82) is 0 Å². The minimum absolute atomic E-state index is 0.0128. The van der Waals surface area contributed by atoms with Gasteiger partial charge in [-0.15, -0.1) is 0 Å². The monoisotopic (exact) mass is 544 g/mol. The maximum Gasteiger partial charge on any atom is 0.387 e. The molecule has 1 aliphatic carbocycles. The molecule has 1 N–H and O–H groups in total. The zero-order valence-electron chi connectivity index (χ0n) is 22.4. The lowest BCUT2D eigenvalue weighted by Crippen LogP contribution is -2.42. The molecule has 9 nitrogen and oxygen atoms in total. The molecule has 2 fully saturated rings. The second kappa shape index (κ2) is 12.4. The zero-order chi connectivity index (χ0) is 28.1. The second-order valence-corrected chi connectivity index (χ2v) is 10.1. The average molecular weight is 545 g/mol. The van der Waals surface area contributed by atoms with Crippen LogP contribution in [-0.4, -0.2) is 78.4 Å². The Hall–Kier alpha value is -3.76. The molecule has 0 bridgehead atoms. The van der Waals surface area contributed by atoms with E-state index in [2.05, 4.69) is 15.0 Å². The molecular weight excluding hydrogens is 510 g/mol. The number of hydrogen-bond donors (Lipinski definition) is 1. The topological polar surface area (TPSA) is 101 Å². The quantitative estimate of drug-likeness (QED) is 0.463. The zero-order valence-corrected chi connectivity index (χ0v) is 22.4. The molecule has 2 atom stereocenters. The van der Waals surface area contributed by atoms with Crippen LogP contribution >= 0.6 is 0 Å². The standard InChI is InChI=1S/C28H34F2N4O5/c1-4-33(3)27(37)20-7-9-23(31-13-20)26(36)32-14-22-11-21(15-34(22)17(2)35)19-8-10-24(39-28(29)30)25(12-19)38-16-18-5-6-18/h7-10,12-13,18,21-22,28H,4-6,11,14-16H2,1-3H3,(H,32,36)/t21-,22+/m1/s1. The van der Waals surface area contributed by atoms with Crippen LogP contribution in [0.4, 0.5) is 8.78 Å². The Kier molecular flexibility index (Phi) is 8.98. The van der Waals surface area contributed by atoms with Crippen molar-refractivity contribution in [3.63, 3.8) is 0 Å². The molecule has 1 aliphatic heterocycles. The molecule has 3 amide bonds. The first-order chi connectivity index (χ1) is 18.7. The summed E-state index contributed by atoms with van der Waals surface area (Å²) in [5.41, 5.74) is 1.41. The highest BCUT2D eigenvalue weighted by Gasteiger charge is 2.35. The Balaban J connectivity index is 1.41. The minimum Gasteiger partial charge on any atom is -0.489 e. The molecule has 1 saturated heterocycles. The lowest BCUT2D eigenvalue weighted by Gasteiger charge is -2.23. The van der Waals surface area contributed by atoms with Gasteiger partial charge in [0.05, 0.1) is 12.2 Å². The maximum atomic E-state index is 12.9. The van der Waals surface area contributed by atoms with Gasteiger partial charge in [-0.3, -0.25) is 19.4 Å². The van der Waals surface area contributed by atoms with Crippen molar-refractivity contribution in [2.75, 3.05) is 33.3 Å². The summed E-state index contributed by atoms with van der Waals surface area (Å²) >= 11 is 0. The van der Waals surface area contributed by atoms with Gasteiger partial charge in [-0.05, 0) is 61.9 Å². The number of benzene rings is 1. The highest BCUT2D eigenvalue weighted by atomic mass is 19.3. The summed E-state index contributed by atoms with van der Waals surface area (Å²) in [6, 6.07) is 7.71. The number of pyridine rings is 1. The van der Waals surface area contributed by atoms with Crippen molar-refractivity contribution >= 4 is 17.7 Å². The number of alkyl halides is 2. The molecule has 4 rings (SSSR count). The number of hydrogen-bond acceptors (Lipinski definition) is 6. The van der Waals surface area contributed by atoms with Crippen LogP contribution in [0.3, 0.4) is 0 Å². The number of halogens is 2. The van der Waals surface area contributed by atoms with Gasteiger partial charge in [-0.2, -0.15) is 8.78 Å². The summed E-state index contributed by atoms with van der Waals surface area (Å²) in [6.07, 6.45) is 4.06. The van der Waals surface area contributed by atoms with E-state index in [0.717, 1.165) is 18.4 Å². The van der Waals surface area contributed by atoms with Gasteiger partial charge < -0.3 is 24.6 Å². The van der Waals surface area contributed by atoms with Gasteiger partial charge in [0.1, 0.15) is 5.69 Å². The van der Waals surface area contributed by atoms with Gasteiger partial charge in [-0.1, -0.05) is 6.07 Å². The van der Waals surface area contributed by atoms with Gasteiger partial charge in [-0.25, -0.2) is 0 Å². The van der Waals surface area contributed by atoms with E-state index in [1.807, 2.05) is 6.92 Å². The Bertz CT molecular complexity index is 1190. The van der Waals surface area contributed by atoms with Gasteiger partial charge in [0.15, 0.2) is 11.5 Å². The SMILES string of the molecule is CCN(C)C(=O)c1ccc(C(=O)NC[C@@H]2C[C@@H](c3ccc(OC(F)F)c(OCC4CC4)c3)CN2C(C)=O)nc1. The largest absolute Gasteiger partial charge is 0.489 e. The Morgan fingerprint density at radius 2 is 1.95 bits per heavy atom. The second-order valence-electron chi connectivity index (χ2n) is 10.1. The van der Waals surface area contributed by atoms with E-state index in [1.54, 1.807) is 35.0 Å². The fraction of sp³-hybridized carbons (Fsp3) is 0.500. The van der Waals surface area contributed by atoms with Crippen LogP contribution < -0.4 is 14.8 Å². The first kappa shape index (κ1) is 28.3. The molecule has 0 spiro atoms. The highest BCUT2D eigenvalue weighted by molar-refractivity contribution is 5.96. The highest BCUT2D eigenvalue weighted by Crippen LogP contribution is 2.38. The number of nitrogens with zero attached hydrogens (tertiary/aromatic N) is 3. The van der Waals surface area contributed by atoms with Crippen LogP contribution in [0.5, 0.6) is 11.5 Å². The molecule has 0 radical (unpaired) electrons. The average Bonchev–Trinajstić information content (AvgIpc) is 3.66. The Labute approximate surface area is 226 Å². The van der Waals surface area contributed by atoms with Gasteiger partial charge in [0.25, 0.3) is 11.8 Å². The normalized spacial score (nSPS) is 18.7. The van der Waals surface area contributed by atoms with Crippen LogP contribution in [-0.2, 0) is 4.79 Å². The number of carbonyl (C=O) groups is 3. The molecule has 2 heterocycles. The predicted molar refractivity (Wildman–Crippen MR) is 139 cm³/mol. The maximum absolute atomic E-state index is 12.9. The number of carbonyl (C=O) groups excluding carboxylic acids is 3. The molecule has 210 valence electrons. The summed E-state index contributed by atoms with van der Waals surface area (Å²) in [6.45, 7) is 2.02. The third-order valence-corrected chi connectivity index (χ3v) is 7.21. The van der Waals surface area contributed by atoms with E-state index in [9.17, 15) is 23.2 Å². The molecule has 1 aromatic carbocycles. The van der Waals surface area contributed by atoms with E-state index in [-0.39, 0.29) is 47.5 Å². The van der Waals surface area contributed by atoms with Gasteiger partial charge in [0, 0.05) is 51.8 Å². The van der Waals surface area contributed by atoms with Crippen molar-refractivity contribution in [2.45, 2.75) is 51.7 Å². The lowest BCUT2D eigenvalue weighted by atomic mass is 9.96. The summed E-state index contributed by atoms with van der Waals surface area (Å²) in [5.74, 6) is -0.0935. The number of nitrogens with one attached hydrogen (secondary N) is 1.